The monoisotopic (exact) mass is 625 g/mol. The molecule has 0 bridgehead atoms. The number of fused-ring (bicyclic) bond motifs is 2. The van der Waals surface area contributed by atoms with Crippen molar-refractivity contribution in [2.75, 3.05) is 0 Å². The Bertz CT molecular complexity index is 1660. The van der Waals surface area contributed by atoms with Crippen molar-refractivity contribution in [1.29, 1.82) is 0 Å². The van der Waals surface area contributed by atoms with E-state index in [2.05, 4.69) is 138 Å². The van der Waals surface area contributed by atoms with Gasteiger partial charge >= 0.3 is 99.2 Å². The van der Waals surface area contributed by atoms with Crippen LogP contribution in [0.25, 0.3) is 11.6 Å². The summed E-state index contributed by atoms with van der Waals surface area (Å²) in [7, 11) is 0. The van der Waals surface area contributed by atoms with E-state index in [9.17, 15) is 0 Å². The van der Waals surface area contributed by atoms with Crippen LogP contribution in [0.3, 0.4) is 0 Å². The molecule has 0 amide bonds. The molecule has 3 aromatic rings. The Morgan fingerprint density at radius 1 is 0.810 bits per heavy atom. The molecule has 0 saturated carbocycles. The van der Waals surface area contributed by atoms with Crippen LogP contribution in [-0.2, 0) is 37.1 Å². The molecule has 212 valence electrons. The predicted octanol–water partition coefficient (Wildman–Crippen LogP) is 8.77. The van der Waals surface area contributed by atoms with Crippen LogP contribution >= 0.6 is 0 Å². The molecule has 0 aromatic heterocycles. The van der Waals surface area contributed by atoms with Crippen LogP contribution < -0.4 is 10.4 Å². The van der Waals surface area contributed by atoms with E-state index < -0.39 is 0 Å². The quantitative estimate of drug-likeness (QED) is 0.219. The zero-order chi connectivity index (χ0) is 29.7. The number of hydrogen-bond donors (Lipinski definition) is 0. The van der Waals surface area contributed by atoms with Gasteiger partial charge in [0.05, 0.1) is 0 Å². The van der Waals surface area contributed by atoms with Crippen molar-refractivity contribution < 1.29 is 24.2 Å². The minimum absolute atomic E-state index is 0.153. The summed E-state index contributed by atoms with van der Waals surface area (Å²) in [5.41, 5.74) is 13.2. The molecule has 0 N–H and O–H groups in total. The molecular weight excluding hydrogens is 584 g/mol. The van der Waals surface area contributed by atoms with Crippen molar-refractivity contribution in [1.82, 2.24) is 0 Å². The van der Waals surface area contributed by atoms with Crippen LogP contribution in [0.4, 0.5) is 0 Å². The predicted molar refractivity (Wildman–Crippen MR) is 178 cm³/mol. The Balaban J connectivity index is 0.000000211. The van der Waals surface area contributed by atoms with Crippen LogP contribution in [0.1, 0.15) is 82.6 Å². The number of aryl methyl sites for hydroxylation is 2. The summed E-state index contributed by atoms with van der Waals surface area (Å²) in [6, 6.07) is 25.9. The minimum atomic E-state index is 0.153. The second-order valence-corrected chi connectivity index (χ2v) is 12.6. The van der Waals surface area contributed by atoms with Gasteiger partial charge in [-0.1, -0.05) is 92.8 Å². The van der Waals surface area contributed by atoms with Gasteiger partial charge in [0.2, 0.25) is 0 Å². The molecule has 0 atom stereocenters. The van der Waals surface area contributed by atoms with Gasteiger partial charge in [-0.3, -0.25) is 0 Å². The first-order valence-corrected chi connectivity index (χ1v) is 17.1. The Labute approximate surface area is 268 Å². The molecule has 0 saturated heterocycles. The molecule has 3 aliphatic carbocycles. The number of allylic oxidation sites excluding steroid dienone is 8. The zero-order valence-electron chi connectivity index (χ0n) is 26.0. The van der Waals surface area contributed by atoms with Crippen LogP contribution in [0.15, 0.2) is 119 Å². The average Bonchev–Trinajstić information content (AvgIpc) is 3.72. The van der Waals surface area contributed by atoms with Crippen molar-refractivity contribution in [3.05, 3.63) is 152 Å². The van der Waals surface area contributed by atoms with Gasteiger partial charge in [-0.15, -0.1) is 33.7 Å². The molecule has 0 heterocycles. The van der Waals surface area contributed by atoms with Gasteiger partial charge in [0.15, 0.2) is 0 Å². The fraction of sp³-hybridized carbons (Fsp3) is 0.293. The van der Waals surface area contributed by atoms with Crippen molar-refractivity contribution >= 4 is 14.9 Å². The third kappa shape index (κ3) is 5.70. The topological polar surface area (TPSA) is 0 Å². The molecular formula is C41H43Zr-. The normalized spacial score (nSPS) is 16.1. The Morgan fingerprint density at radius 3 is 1.95 bits per heavy atom. The van der Waals surface area contributed by atoms with Gasteiger partial charge in [0, 0.05) is 0 Å². The summed E-state index contributed by atoms with van der Waals surface area (Å²) in [6.45, 7) is 11.6. The summed E-state index contributed by atoms with van der Waals surface area (Å²) < 4.78 is 1.42. The third-order valence-electron chi connectivity index (χ3n) is 9.33. The molecule has 0 nitrogen and oxygen atoms in total. The van der Waals surface area contributed by atoms with Crippen molar-refractivity contribution in [2.24, 2.45) is 5.41 Å². The van der Waals surface area contributed by atoms with E-state index in [0.717, 1.165) is 38.5 Å². The summed E-state index contributed by atoms with van der Waals surface area (Å²) in [5.74, 6) is 0. The molecule has 1 heteroatoms. The average molecular weight is 627 g/mol. The number of hydrogen-bond acceptors (Lipinski definition) is 0. The van der Waals surface area contributed by atoms with E-state index >= 15 is 0 Å². The first kappa shape index (κ1) is 30.6. The first-order valence-electron chi connectivity index (χ1n) is 15.8. The Hall–Kier alpha value is -2.89. The molecule has 0 fully saturated rings. The SMILES string of the molecule is CCC1=CC2=c3c(CC)cc(CC)cc3=[C-]C2=C(C2=CC=CC2)C1(CC)CC.[Zr]=[C](c1ccccc1)c1ccccc1. The van der Waals surface area contributed by atoms with Crippen LogP contribution in [-0.4, -0.2) is 3.21 Å². The first-order chi connectivity index (χ1) is 20.5. The van der Waals surface area contributed by atoms with Gasteiger partial charge in [-0.05, 0) is 43.9 Å². The number of benzene rings is 3. The summed E-state index contributed by atoms with van der Waals surface area (Å²) in [4.78, 5) is 0. The molecule has 0 radical (unpaired) electrons. The molecule has 0 aliphatic heterocycles. The maximum atomic E-state index is 3.91. The number of rotatable bonds is 8. The molecule has 3 aliphatic rings. The van der Waals surface area contributed by atoms with E-state index in [1.54, 1.807) is 11.1 Å². The Morgan fingerprint density at radius 2 is 1.45 bits per heavy atom. The van der Waals surface area contributed by atoms with E-state index in [1.807, 2.05) is 0 Å². The summed E-state index contributed by atoms with van der Waals surface area (Å²) in [6.07, 6.45) is 20.0. The van der Waals surface area contributed by atoms with E-state index in [0.29, 0.717) is 0 Å². The molecule has 6 rings (SSSR count). The van der Waals surface area contributed by atoms with Gasteiger partial charge in [-0.2, -0.15) is 0 Å². The van der Waals surface area contributed by atoms with E-state index in [-0.39, 0.29) is 5.41 Å². The second kappa shape index (κ2) is 13.6. The standard InChI is InChI=1S/C28H33.C13H10.Zr/c1-6-19-15-20(7-2)26-22(16-19)17-25-24(26)18-23(8-3)28(9-4,10-5)27(25)21-13-11-12-14-21;1-3-7-12(8-4-1)11-13-9-5-2-6-10-13;/h11-13,15-16,18H,6-10,14H2,1-5H3;1-10H;/q-1;;. The van der Waals surface area contributed by atoms with Crippen LogP contribution in [0.2, 0.25) is 0 Å². The van der Waals surface area contributed by atoms with Crippen molar-refractivity contribution in [3.8, 4) is 0 Å². The second-order valence-electron chi connectivity index (χ2n) is 11.4. The summed E-state index contributed by atoms with van der Waals surface area (Å²) >= 11 is 1.46. The van der Waals surface area contributed by atoms with Crippen molar-refractivity contribution in [3.63, 3.8) is 0 Å². The van der Waals surface area contributed by atoms with Gasteiger partial charge in [0.1, 0.15) is 0 Å². The molecule has 0 spiro atoms. The summed E-state index contributed by atoms with van der Waals surface area (Å²) in [5, 5.41) is 2.77. The third-order valence-corrected chi connectivity index (χ3v) is 10.8. The van der Waals surface area contributed by atoms with Gasteiger partial charge < -0.3 is 0 Å². The molecule has 0 unspecified atom stereocenters. The molecule has 3 aromatic carbocycles. The van der Waals surface area contributed by atoms with E-state index in [4.69, 9.17) is 0 Å². The van der Waals surface area contributed by atoms with E-state index in [1.165, 1.54) is 76.9 Å². The fourth-order valence-electron chi connectivity index (χ4n) is 7.02. The van der Waals surface area contributed by atoms with Crippen LogP contribution in [0, 0.1) is 5.41 Å². The maximum absolute atomic E-state index is 3.91. The van der Waals surface area contributed by atoms with Crippen LogP contribution in [0.5, 0.6) is 0 Å². The zero-order valence-corrected chi connectivity index (χ0v) is 28.4. The Kier molecular flexibility index (Phi) is 9.90. The van der Waals surface area contributed by atoms with Gasteiger partial charge in [-0.25, -0.2) is 0 Å². The van der Waals surface area contributed by atoms with Gasteiger partial charge in [0.25, 0.3) is 0 Å². The fourth-order valence-corrected chi connectivity index (χ4v) is 7.84. The van der Waals surface area contributed by atoms with Crippen molar-refractivity contribution in [2.45, 2.75) is 73.1 Å². The molecule has 42 heavy (non-hydrogen) atoms.